The van der Waals surface area contributed by atoms with E-state index in [0.717, 1.165) is 31.2 Å². The number of H-pyrrole nitrogens is 1. The van der Waals surface area contributed by atoms with Gasteiger partial charge >= 0.3 is 6.03 Å². The van der Waals surface area contributed by atoms with E-state index in [1.807, 2.05) is 37.3 Å². The van der Waals surface area contributed by atoms with Gasteiger partial charge in [0.05, 0.1) is 22.5 Å². The number of amides is 3. The molecule has 9 nitrogen and oxygen atoms in total. The highest BCUT2D eigenvalue weighted by Gasteiger charge is 2.30. The Hall–Kier alpha value is -3.46. The third-order valence-electron chi connectivity index (χ3n) is 5.96. The van der Waals surface area contributed by atoms with Gasteiger partial charge in [-0.1, -0.05) is 43.2 Å². The summed E-state index contributed by atoms with van der Waals surface area (Å²) in [7, 11) is 0. The average molecular weight is 437 g/mol. The van der Waals surface area contributed by atoms with Crippen molar-refractivity contribution in [2.24, 2.45) is 0 Å². The number of hydrogen-bond donors (Lipinski definition) is 5. The van der Waals surface area contributed by atoms with Crippen LogP contribution in [0, 0.1) is 0 Å². The second-order valence-electron chi connectivity index (χ2n) is 8.36. The fraction of sp³-hybridized carbons (Fsp3) is 0.391. The van der Waals surface area contributed by atoms with E-state index in [1.54, 1.807) is 6.07 Å². The summed E-state index contributed by atoms with van der Waals surface area (Å²) in [5, 5.41) is 26.3. The molecule has 4 rings (SSSR count). The topological polar surface area (TPSA) is 132 Å². The monoisotopic (exact) mass is 436 g/mol. The lowest BCUT2D eigenvalue weighted by Gasteiger charge is -2.21. The summed E-state index contributed by atoms with van der Waals surface area (Å²) >= 11 is 0. The van der Waals surface area contributed by atoms with E-state index in [0.29, 0.717) is 29.7 Å². The first-order valence-corrected chi connectivity index (χ1v) is 10.9. The molecule has 32 heavy (non-hydrogen) atoms. The van der Waals surface area contributed by atoms with Gasteiger partial charge in [-0.25, -0.2) is 9.78 Å². The Morgan fingerprint density at radius 2 is 1.97 bits per heavy atom. The molecule has 0 unspecified atom stereocenters. The molecule has 1 aromatic carbocycles. The molecule has 0 bridgehead atoms. The summed E-state index contributed by atoms with van der Waals surface area (Å²) in [5.74, 6) is 0.0177. The number of carbonyl (C=O) groups excluding carboxylic acids is 2. The number of nitrogens with zero attached hydrogens (tertiary/aromatic N) is 2. The third kappa shape index (κ3) is 5.05. The average Bonchev–Trinajstić information content (AvgIpc) is 3.40. The summed E-state index contributed by atoms with van der Waals surface area (Å²) in [6.45, 7) is 2.28. The van der Waals surface area contributed by atoms with Crippen LogP contribution >= 0.6 is 0 Å². The molecule has 3 aromatic rings. The second-order valence-corrected chi connectivity index (χ2v) is 8.36. The molecule has 1 atom stereocenters. The van der Waals surface area contributed by atoms with Gasteiger partial charge in [-0.05, 0) is 31.7 Å². The maximum Gasteiger partial charge on any atom is 0.320 e. The van der Waals surface area contributed by atoms with Crippen molar-refractivity contribution in [1.82, 2.24) is 25.8 Å². The van der Waals surface area contributed by atoms with Crippen LogP contribution in [0.1, 0.15) is 61.1 Å². The highest BCUT2D eigenvalue weighted by molar-refractivity contribution is 6.05. The normalized spacial score (nSPS) is 15.9. The smallest absolute Gasteiger partial charge is 0.320 e. The highest BCUT2D eigenvalue weighted by Crippen LogP contribution is 2.31. The Kier molecular flexibility index (Phi) is 6.36. The predicted octanol–water partition coefficient (Wildman–Crippen LogP) is 3.27. The van der Waals surface area contributed by atoms with Crippen LogP contribution in [-0.4, -0.2) is 44.4 Å². The maximum absolute atomic E-state index is 12.5. The van der Waals surface area contributed by atoms with E-state index in [4.69, 9.17) is 0 Å². The van der Waals surface area contributed by atoms with Crippen LogP contribution in [0.25, 0.3) is 10.9 Å². The zero-order valence-corrected chi connectivity index (χ0v) is 18.0. The molecule has 1 aliphatic carbocycles. The quantitative estimate of drug-likeness (QED) is 0.388. The molecule has 0 aliphatic heterocycles. The molecule has 1 saturated carbocycles. The third-order valence-corrected chi connectivity index (χ3v) is 5.96. The number of aromatic nitrogens is 3. The van der Waals surface area contributed by atoms with E-state index < -0.39 is 5.60 Å². The number of nitrogens with one attached hydrogen (secondary N) is 4. The first-order chi connectivity index (χ1) is 15.4. The van der Waals surface area contributed by atoms with Crippen molar-refractivity contribution in [3.63, 3.8) is 0 Å². The number of urea groups is 1. The number of pyridine rings is 1. The lowest BCUT2D eigenvalue weighted by Crippen LogP contribution is -2.33. The van der Waals surface area contributed by atoms with E-state index in [1.165, 1.54) is 6.20 Å². The van der Waals surface area contributed by atoms with Crippen LogP contribution in [0.4, 0.5) is 10.6 Å². The second kappa shape index (κ2) is 9.35. The summed E-state index contributed by atoms with van der Waals surface area (Å²) in [4.78, 5) is 29.1. The molecule has 1 aliphatic rings. The van der Waals surface area contributed by atoms with Crippen molar-refractivity contribution in [2.45, 2.75) is 50.7 Å². The molecule has 168 valence electrons. The number of hydrogen-bond acceptors (Lipinski definition) is 5. The molecule has 9 heteroatoms. The van der Waals surface area contributed by atoms with E-state index >= 15 is 0 Å². The van der Waals surface area contributed by atoms with Crippen LogP contribution in [-0.2, 0) is 0 Å². The molecule has 0 spiro atoms. The summed E-state index contributed by atoms with van der Waals surface area (Å²) < 4.78 is 0. The largest absolute Gasteiger partial charge is 0.390 e. The minimum Gasteiger partial charge on any atom is -0.390 e. The van der Waals surface area contributed by atoms with Gasteiger partial charge in [0.15, 0.2) is 5.69 Å². The van der Waals surface area contributed by atoms with Gasteiger partial charge in [0, 0.05) is 18.8 Å². The van der Waals surface area contributed by atoms with Gasteiger partial charge in [0.25, 0.3) is 5.91 Å². The van der Waals surface area contributed by atoms with Crippen LogP contribution in [0.2, 0.25) is 0 Å². The fourth-order valence-corrected chi connectivity index (χ4v) is 4.10. The Morgan fingerprint density at radius 1 is 1.22 bits per heavy atom. The lowest BCUT2D eigenvalue weighted by atomic mass is 9.98. The molecule has 1 fully saturated rings. The Labute approximate surface area is 186 Å². The number of anilines is 1. The Bertz CT molecular complexity index is 1090. The van der Waals surface area contributed by atoms with E-state index in [2.05, 4.69) is 31.1 Å². The Balaban J connectivity index is 1.34. The lowest BCUT2D eigenvalue weighted by molar-refractivity contribution is 0.0389. The van der Waals surface area contributed by atoms with Crippen LogP contribution in [0.15, 0.2) is 42.6 Å². The number of carbonyl (C=O) groups is 2. The molecule has 5 N–H and O–H groups in total. The van der Waals surface area contributed by atoms with Gasteiger partial charge in [0.2, 0.25) is 0 Å². The zero-order chi connectivity index (χ0) is 22.6. The van der Waals surface area contributed by atoms with Crippen molar-refractivity contribution in [3.8, 4) is 0 Å². The molecular weight excluding hydrogens is 408 g/mol. The molecule has 3 amide bonds. The standard InChI is InChI=1S/C23H28N6O3/c1-15(16-7-3-2-4-8-16)26-22(31)27-19-13-18-17(14-25-19)20(29-28-18)21(30)24-12-11-23(32)9-5-6-10-23/h2-4,7-8,13-15,32H,5-6,9-12H2,1H3,(H,24,30)(H,28,29)(H2,25,26,27,31)/t15-/m1/s1. The SMILES string of the molecule is C[C@@H](NC(=O)Nc1cc2[nH]nc(C(=O)NCCC3(O)CCCC3)c2cn1)c1ccccc1. The zero-order valence-electron chi connectivity index (χ0n) is 18.0. The Morgan fingerprint density at radius 3 is 2.72 bits per heavy atom. The molecule has 2 heterocycles. The van der Waals surface area contributed by atoms with Crippen LogP contribution in [0.5, 0.6) is 0 Å². The maximum atomic E-state index is 12.5. The first-order valence-electron chi connectivity index (χ1n) is 10.9. The van der Waals surface area contributed by atoms with Crippen LogP contribution in [0.3, 0.4) is 0 Å². The number of aromatic amines is 1. The van der Waals surface area contributed by atoms with Gasteiger partial charge in [0.1, 0.15) is 5.82 Å². The van der Waals surface area contributed by atoms with Crippen molar-refractivity contribution in [3.05, 3.63) is 53.9 Å². The summed E-state index contributed by atoms with van der Waals surface area (Å²) in [6.07, 6.45) is 5.66. The molecular formula is C23H28N6O3. The van der Waals surface area contributed by atoms with E-state index in [9.17, 15) is 14.7 Å². The van der Waals surface area contributed by atoms with Gasteiger partial charge in [-0.3, -0.25) is 15.2 Å². The first kappa shape index (κ1) is 21.8. The number of benzene rings is 1. The fourth-order valence-electron chi connectivity index (χ4n) is 4.10. The summed E-state index contributed by atoms with van der Waals surface area (Å²) in [5.41, 5.74) is 1.16. The van der Waals surface area contributed by atoms with Crippen molar-refractivity contribution >= 4 is 28.7 Å². The number of rotatable bonds is 7. The molecule has 2 aromatic heterocycles. The van der Waals surface area contributed by atoms with Crippen molar-refractivity contribution < 1.29 is 14.7 Å². The minimum absolute atomic E-state index is 0.162. The molecule has 0 saturated heterocycles. The van der Waals surface area contributed by atoms with Gasteiger partial charge in [-0.2, -0.15) is 5.10 Å². The number of fused-ring (bicyclic) bond motifs is 1. The van der Waals surface area contributed by atoms with E-state index in [-0.39, 0.29) is 23.7 Å². The van der Waals surface area contributed by atoms with Gasteiger partial charge < -0.3 is 15.7 Å². The van der Waals surface area contributed by atoms with Crippen molar-refractivity contribution in [2.75, 3.05) is 11.9 Å². The number of aliphatic hydroxyl groups is 1. The van der Waals surface area contributed by atoms with Crippen molar-refractivity contribution in [1.29, 1.82) is 0 Å². The van der Waals surface area contributed by atoms with Gasteiger partial charge in [-0.15, -0.1) is 0 Å². The summed E-state index contributed by atoms with van der Waals surface area (Å²) in [6, 6.07) is 10.7. The molecule has 0 radical (unpaired) electrons. The predicted molar refractivity (Wildman–Crippen MR) is 121 cm³/mol. The highest BCUT2D eigenvalue weighted by atomic mass is 16.3. The minimum atomic E-state index is -0.665. The van der Waals surface area contributed by atoms with Crippen LogP contribution < -0.4 is 16.0 Å².